The van der Waals surface area contributed by atoms with Crippen LogP contribution in [0.3, 0.4) is 0 Å². The Bertz CT molecular complexity index is 413. The number of benzene rings is 1. The molecule has 2 rings (SSSR count). The molecule has 1 aliphatic rings. The molecule has 1 unspecified atom stereocenters. The maximum Gasteiger partial charge on any atom is 0.351 e. The van der Waals surface area contributed by atoms with Crippen molar-refractivity contribution in [3.05, 3.63) is 35.9 Å². The molecule has 15 heavy (non-hydrogen) atoms. The Morgan fingerprint density at radius 1 is 1.47 bits per heavy atom. The number of nitrogens with zero attached hydrogens (tertiary/aromatic N) is 1. The lowest BCUT2D eigenvalue weighted by Gasteiger charge is -2.14. The monoisotopic (exact) mass is 205 g/mol. The van der Waals surface area contributed by atoms with E-state index >= 15 is 0 Å². The normalized spacial score (nSPS) is 24.5. The third-order valence-corrected chi connectivity index (χ3v) is 2.42. The van der Waals surface area contributed by atoms with Crippen molar-refractivity contribution >= 4 is 11.7 Å². The molecule has 1 aromatic rings. The first-order valence-corrected chi connectivity index (χ1v) is 4.66. The Hall–Kier alpha value is -1.84. The number of carboxylic acid groups (broad SMARTS) is 1. The van der Waals surface area contributed by atoms with E-state index in [1.807, 2.05) is 30.3 Å². The van der Waals surface area contributed by atoms with Crippen molar-refractivity contribution in [3.8, 4) is 0 Å². The van der Waals surface area contributed by atoms with Gasteiger partial charge in [0.05, 0.1) is 5.71 Å². The van der Waals surface area contributed by atoms with Gasteiger partial charge in [-0.15, -0.1) is 0 Å². The second-order valence-electron chi connectivity index (χ2n) is 3.71. The summed E-state index contributed by atoms with van der Waals surface area (Å²) in [7, 11) is 0. The van der Waals surface area contributed by atoms with E-state index in [1.54, 1.807) is 0 Å². The van der Waals surface area contributed by atoms with Gasteiger partial charge in [-0.2, -0.15) is 0 Å². The van der Waals surface area contributed by atoms with Crippen molar-refractivity contribution in [2.75, 3.05) is 0 Å². The lowest BCUT2D eigenvalue weighted by molar-refractivity contribution is -0.160. The average Bonchev–Trinajstić information content (AvgIpc) is 2.64. The Morgan fingerprint density at radius 3 is 2.67 bits per heavy atom. The van der Waals surface area contributed by atoms with Crippen LogP contribution in [-0.4, -0.2) is 22.4 Å². The number of carbonyl (C=O) groups is 1. The van der Waals surface area contributed by atoms with Gasteiger partial charge in [-0.1, -0.05) is 35.5 Å². The first-order valence-electron chi connectivity index (χ1n) is 4.66. The van der Waals surface area contributed by atoms with Crippen molar-refractivity contribution in [1.82, 2.24) is 0 Å². The van der Waals surface area contributed by atoms with Gasteiger partial charge in [-0.3, -0.25) is 0 Å². The molecule has 1 N–H and O–H groups in total. The largest absolute Gasteiger partial charge is 0.478 e. The molecular formula is C11H11NO3. The van der Waals surface area contributed by atoms with Crippen molar-refractivity contribution in [3.63, 3.8) is 0 Å². The SMILES string of the molecule is CC1(C(=O)O)CC(c2ccccc2)=NO1. The predicted octanol–water partition coefficient (Wildman–Crippen LogP) is 1.65. The quantitative estimate of drug-likeness (QED) is 0.798. The minimum Gasteiger partial charge on any atom is -0.478 e. The van der Waals surface area contributed by atoms with Crippen LogP contribution in [0.25, 0.3) is 0 Å². The summed E-state index contributed by atoms with van der Waals surface area (Å²) in [4.78, 5) is 15.9. The molecular weight excluding hydrogens is 194 g/mol. The fraction of sp³-hybridized carbons (Fsp3) is 0.273. The molecule has 1 aliphatic heterocycles. The Balaban J connectivity index is 2.21. The lowest BCUT2D eigenvalue weighted by Crippen LogP contribution is -2.35. The Morgan fingerprint density at radius 2 is 2.13 bits per heavy atom. The summed E-state index contributed by atoms with van der Waals surface area (Å²) in [5, 5.41) is 12.8. The molecule has 0 spiro atoms. The number of rotatable bonds is 2. The van der Waals surface area contributed by atoms with Gasteiger partial charge in [0.1, 0.15) is 0 Å². The molecule has 4 heteroatoms. The molecule has 1 atom stereocenters. The summed E-state index contributed by atoms with van der Waals surface area (Å²) in [6.45, 7) is 1.52. The maximum atomic E-state index is 10.9. The van der Waals surface area contributed by atoms with E-state index in [2.05, 4.69) is 5.16 Å². The molecule has 0 saturated carbocycles. The molecule has 0 bridgehead atoms. The standard InChI is InChI=1S/C11H11NO3/c1-11(10(13)14)7-9(12-15-11)8-5-3-2-4-6-8/h2-6H,7H2,1H3,(H,13,14). The number of hydrogen-bond acceptors (Lipinski definition) is 3. The van der Waals surface area contributed by atoms with Gasteiger partial charge in [-0.05, 0) is 12.5 Å². The van der Waals surface area contributed by atoms with Gasteiger partial charge in [0, 0.05) is 6.42 Å². The van der Waals surface area contributed by atoms with E-state index in [-0.39, 0.29) is 0 Å². The number of oxime groups is 1. The van der Waals surface area contributed by atoms with E-state index in [9.17, 15) is 4.79 Å². The van der Waals surface area contributed by atoms with Crippen LogP contribution in [0.5, 0.6) is 0 Å². The molecule has 1 aromatic carbocycles. The highest BCUT2D eigenvalue weighted by Crippen LogP contribution is 2.26. The van der Waals surface area contributed by atoms with Crippen LogP contribution in [0.15, 0.2) is 35.5 Å². The first kappa shape index (κ1) is 9.71. The maximum absolute atomic E-state index is 10.9. The highest BCUT2D eigenvalue weighted by atomic mass is 16.7. The minimum atomic E-state index is -1.22. The zero-order valence-electron chi connectivity index (χ0n) is 8.30. The van der Waals surface area contributed by atoms with Crippen LogP contribution in [0.1, 0.15) is 18.9 Å². The van der Waals surface area contributed by atoms with Gasteiger partial charge in [-0.25, -0.2) is 4.79 Å². The van der Waals surface area contributed by atoms with E-state index < -0.39 is 11.6 Å². The van der Waals surface area contributed by atoms with Crippen LogP contribution >= 0.6 is 0 Å². The summed E-state index contributed by atoms with van der Waals surface area (Å²) in [6.07, 6.45) is 0.298. The average molecular weight is 205 g/mol. The second kappa shape index (κ2) is 3.38. The topological polar surface area (TPSA) is 58.9 Å². The van der Waals surface area contributed by atoms with Crippen molar-refractivity contribution < 1.29 is 14.7 Å². The van der Waals surface area contributed by atoms with E-state index in [1.165, 1.54) is 6.92 Å². The summed E-state index contributed by atoms with van der Waals surface area (Å²) in [5.41, 5.74) is 0.369. The first-order chi connectivity index (χ1) is 7.12. The molecule has 0 saturated heterocycles. The summed E-state index contributed by atoms with van der Waals surface area (Å²) in [5.74, 6) is -0.989. The van der Waals surface area contributed by atoms with Crippen LogP contribution < -0.4 is 0 Å². The third-order valence-electron chi connectivity index (χ3n) is 2.42. The van der Waals surface area contributed by atoms with Crippen molar-refractivity contribution in [1.29, 1.82) is 0 Å². The highest BCUT2D eigenvalue weighted by Gasteiger charge is 2.42. The Labute approximate surface area is 87.2 Å². The van der Waals surface area contributed by atoms with Crippen molar-refractivity contribution in [2.45, 2.75) is 18.9 Å². The number of aliphatic carboxylic acids is 1. The molecule has 1 heterocycles. The van der Waals surface area contributed by atoms with Gasteiger partial charge in [0.15, 0.2) is 0 Å². The number of carboxylic acids is 1. The molecule has 0 amide bonds. The summed E-state index contributed by atoms with van der Waals surface area (Å²) < 4.78 is 0. The van der Waals surface area contributed by atoms with Gasteiger partial charge in [0.2, 0.25) is 5.60 Å². The molecule has 4 nitrogen and oxygen atoms in total. The van der Waals surface area contributed by atoms with Crippen LogP contribution in [0.4, 0.5) is 0 Å². The van der Waals surface area contributed by atoms with Gasteiger partial charge in [0.25, 0.3) is 0 Å². The zero-order valence-corrected chi connectivity index (χ0v) is 8.30. The highest BCUT2D eigenvalue weighted by molar-refractivity contribution is 6.04. The summed E-state index contributed by atoms with van der Waals surface area (Å²) >= 11 is 0. The zero-order chi connectivity index (χ0) is 10.9. The molecule has 0 fully saturated rings. The molecule has 0 aromatic heterocycles. The Kier molecular flexibility index (Phi) is 2.19. The lowest BCUT2D eigenvalue weighted by atomic mass is 9.96. The molecule has 0 radical (unpaired) electrons. The smallest absolute Gasteiger partial charge is 0.351 e. The van der Waals surface area contributed by atoms with Crippen LogP contribution in [0, 0.1) is 0 Å². The minimum absolute atomic E-state index is 0.298. The second-order valence-corrected chi connectivity index (χ2v) is 3.71. The fourth-order valence-electron chi connectivity index (χ4n) is 1.44. The van der Waals surface area contributed by atoms with Crippen molar-refractivity contribution in [2.24, 2.45) is 5.16 Å². The predicted molar refractivity (Wildman–Crippen MR) is 54.7 cm³/mol. The van der Waals surface area contributed by atoms with Crippen LogP contribution in [-0.2, 0) is 9.63 Å². The van der Waals surface area contributed by atoms with Crippen LogP contribution in [0.2, 0.25) is 0 Å². The van der Waals surface area contributed by atoms with E-state index in [4.69, 9.17) is 9.94 Å². The van der Waals surface area contributed by atoms with E-state index in [0.717, 1.165) is 5.56 Å². The van der Waals surface area contributed by atoms with Gasteiger partial charge >= 0.3 is 5.97 Å². The fourth-order valence-corrected chi connectivity index (χ4v) is 1.44. The van der Waals surface area contributed by atoms with E-state index in [0.29, 0.717) is 12.1 Å². The molecule has 0 aliphatic carbocycles. The number of hydrogen-bond donors (Lipinski definition) is 1. The molecule has 78 valence electrons. The van der Waals surface area contributed by atoms with Gasteiger partial charge < -0.3 is 9.94 Å². The third kappa shape index (κ3) is 1.70. The summed E-state index contributed by atoms with van der Waals surface area (Å²) in [6, 6.07) is 9.43.